The zero-order valence-corrected chi connectivity index (χ0v) is 13.3. The maximum absolute atomic E-state index is 13.0. The molecule has 0 saturated carbocycles. The number of nitrogens with two attached hydrogens (primary N) is 1. The second kappa shape index (κ2) is 5.54. The predicted octanol–water partition coefficient (Wildman–Crippen LogP) is -2.31. The van der Waals surface area contributed by atoms with E-state index in [0.717, 1.165) is 4.57 Å². The molecule has 3 N–H and O–H groups in total. The molecule has 1 saturated heterocycles. The van der Waals surface area contributed by atoms with Crippen molar-refractivity contribution in [2.24, 2.45) is 0 Å². The minimum atomic E-state index is -2.04. The van der Waals surface area contributed by atoms with E-state index in [1.807, 2.05) is 5.32 Å². The maximum atomic E-state index is 13.0. The number of hydrogen-bond donors (Lipinski definition) is 2. The lowest BCUT2D eigenvalue weighted by molar-refractivity contribution is -0.136. The van der Waals surface area contributed by atoms with Crippen LogP contribution >= 0.6 is 0 Å². The number of benzene rings is 1. The Morgan fingerprint density at radius 3 is 2.56 bits per heavy atom. The number of piperidine rings is 1. The zero-order valence-electron chi connectivity index (χ0n) is 13.3. The number of aryl methyl sites for hydroxylation is 1. The number of hydrogen-bond acceptors (Lipinski definition) is 5. The minimum Gasteiger partial charge on any atom is -0.398 e. The van der Waals surface area contributed by atoms with Crippen LogP contribution in [0, 0.1) is 6.92 Å². The minimum absolute atomic E-state index is 0.0799. The topological polar surface area (TPSA) is 107 Å². The maximum Gasteiger partial charge on any atom is 0.264 e. The third-order valence-electron chi connectivity index (χ3n) is 4.30. The van der Waals surface area contributed by atoms with Crippen molar-refractivity contribution in [2.75, 3.05) is 5.73 Å². The van der Waals surface area contributed by atoms with Crippen LogP contribution in [-0.4, -0.2) is 52.8 Å². The normalized spacial score (nSPS) is 22.8. The molecule has 0 bridgehead atoms. The Morgan fingerprint density at radius 1 is 1.28 bits per heavy atom. The van der Waals surface area contributed by atoms with Gasteiger partial charge in [-0.1, -0.05) is 5.46 Å². The molecule has 1 fully saturated rings. The van der Waals surface area contributed by atoms with Crippen LogP contribution in [0.15, 0.2) is 16.9 Å². The van der Waals surface area contributed by atoms with Crippen LogP contribution in [0.4, 0.5) is 5.69 Å². The van der Waals surface area contributed by atoms with Crippen molar-refractivity contribution < 1.29 is 9.59 Å². The van der Waals surface area contributed by atoms with Crippen LogP contribution in [0.3, 0.4) is 0 Å². The molecule has 2 amide bonds. The summed E-state index contributed by atoms with van der Waals surface area (Å²) in [6.45, 7) is 1.51. The molecular formula is C14H10B4N4O3. The van der Waals surface area contributed by atoms with Crippen molar-refractivity contribution in [2.45, 2.75) is 24.0 Å². The Balaban J connectivity index is 2.31. The summed E-state index contributed by atoms with van der Waals surface area (Å²) >= 11 is 0. The standard InChI is InChI=1S/C14H10B4N4O3/c1-4-20-7-3-5(15)2-6(19)8(7)12(24)22(4)9-10(16)14(17,18)13(25)21-11(9)23/h2-3,9-10H,19H2,1H3,(H,21,23,25). The lowest BCUT2D eigenvalue weighted by Gasteiger charge is -2.42. The number of nitrogens with one attached hydrogen (secondary N) is 1. The van der Waals surface area contributed by atoms with Crippen molar-refractivity contribution in [3.05, 3.63) is 28.3 Å². The first-order valence-corrected chi connectivity index (χ1v) is 7.32. The number of carbonyl (C=O) groups is 2. The third-order valence-corrected chi connectivity index (χ3v) is 4.30. The van der Waals surface area contributed by atoms with E-state index in [4.69, 9.17) is 37.1 Å². The van der Waals surface area contributed by atoms with Gasteiger partial charge in [-0.15, -0.1) is 0 Å². The molecule has 7 nitrogen and oxygen atoms in total. The first-order chi connectivity index (χ1) is 11.6. The molecule has 11 heteroatoms. The number of anilines is 1. The van der Waals surface area contributed by atoms with Gasteiger partial charge in [-0.2, -0.15) is 0 Å². The monoisotopic (exact) mass is 326 g/mol. The predicted molar refractivity (Wildman–Crippen MR) is 96.4 cm³/mol. The lowest BCUT2D eigenvalue weighted by atomic mass is 9.40. The van der Waals surface area contributed by atoms with Gasteiger partial charge in [0, 0.05) is 5.69 Å². The Hall–Kier alpha value is -2.44. The Labute approximate surface area is 148 Å². The van der Waals surface area contributed by atoms with E-state index in [9.17, 15) is 14.4 Å². The third kappa shape index (κ3) is 2.49. The van der Waals surface area contributed by atoms with Gasteiger partial charge in [-0.05, 0) is 30.1 Å². The van der Waals surface area contributed by atoms with Crippen molar-refractivity contribution in [3.8, 4) is 0 Å². The Bertz CT molecular complexity index is 988. The molecule has 2 heterocycles. The fourth-order valence-corrected chi connectivity index (χ4v) is 2.96. The molecule has 1 aromatic heterocycles. The van der Waals surface area contributed by atoms with E-state index in [0.29, 0.717) is 5.46 Å². The van der Waals surface area contributed by atoms with Gasteiger partial charge in [-0.3, -0.25) is 24.3 Å². The van der Waals surface area contributed by atoms with Gasteiger partial charge in [-0.25, -0.2) is 4.98 Å². The van der Waals surface area contributed by atoms with Gasteiger partial charge in [0.15, 0.2) is 0 Å². The smallest absolute Gasteiger partial charge is 0.264 e. The van der Waals surface area contributed by atoms with E-state index in [2.05, 4.69) is 4.98 Å². The first-order valence-electron chi connectivity index (χ1n) is 7.32. The molecule has 8 radical (unpaired) electrons. The molecule has 1 aliphatic heterocycles. The van der Waals surface area contributed by atoms with Crippen LogP contribution in [0.5, 0.6) is 0 Å². The summed E-state index contributed by atoms with van der Waals surface area (Å²) < 4.78 is 1.04. The molecule has 25 heavy (non-hydrogen) atoms. The molecule has 3 rings (SSSR count). The summed E-state index contributed by atoms with van der Waals surface area (Å²) in [6, 6.07) is 1.57. The summed E-state index contributed by atoms with van der Waals surface area (Å²) in [6.07, 6.45) is 0. The number of carbonyl (C=O) groups excluding carboxylic acids is 2. The summed E-state index contributed by atoms with van der Waals surface area (Å²) in [7, 11) is 23.1. The fourth-order valence-electron chi connectivity index (χ4n) is 2.96. The van der Waals surface area contributed by atoms with Gasteiger partial charge in [0.1, 0.15) is 19.7 Å². The molecular weight excluding hydrogens is 315 g/mol. The van der Waals surface area contributed by atoms with Gasteiger partial charge in [0.25, 0.3) is 5.56 Å². The number of amides is 2. The van der Waals surface area contributed by atoms with Crippen molar-refractivity contribution >= 4 is 65.3 Å². The molecule has 0 aliphatic carbocycles. The molecule has 2 unspecified atom stereocenters. The SMILES string of the molecule is [B]c1cc(N)c2c(=O)n(C3C(=O)NC(=O)C([B])([B])C3[B])c(C)nc2c1. The summed E-state index contributed by atoms with van der Waals surface area (Å²) in [5.41, 5.74) is 6.00. The van der Waals surface area contributed by atoms with E-state index in [-0.39, 0.29) is 22.4 Å². The van der Waals surface area contributed by atoms with Crippen molar-refractivity contribution in [3.63, 3.8) is 0 Å². The second-order valence-corrected chi connectivity index (χ2v) is 6.06. The van der Waals surface area contributed by atoms with Gasteiger partial charge in [0.2, 0.25) is 11.8 Å². The van der Waals surface area contributed by atoms with Crippen molar-refractivity contribution in [1.29, 1.82) is 0 Å². The van der Waals surface area contributed by atoms with E-state index in [1.165, 1.54) is 19.1 Å². The first kappa shape index (κ1) is 17.4. The highest BCUT2D eigenvalue weighted by Gasteiger charge is 2.46. The number of nitrogens with zero attached hydrogens (tertiary/aromatic N) is 2. The van der Waals surface area contributed by atoms with E-state index >= 15 is 0 Å². The molecule has 116 valence electrons. The van der Waals surface area contributed by atoms with Crippen LogP contribution < -0.4 is 22.1 Å². The highest BCUT2D eigenvalue weighted by atomic mass is 16.2. The average molecular weight is 326 g/mol. The Morgan fingerprint density at radius 2 is 1.92 bits per heavy atom. The zero-order chi connectivity index (χ0) is 18.7. The average Bonchev–Trinajstić information content (AvgIpc) is 2.47. The highest BCUT2D eigenvalue weighted by molar-refractivity contribution is 6.55. The van der Waals surface area contributed by atoms with Gasteiger partial charge < -0.3 is 5.73 Å². The van der Waals surface area contributed by atoms with E-state index in [1.54, 1.807) is 0 Å². The molecule has 0 spiro atoms. The number of aromatic nitrogens is 2. The molecule has 2 atom stereocenters. The molecule has 2 aromatic rings. The van der Waals surface area contributed by atoms with E-state index < -0.39 is 34.4 Å². The second-order valence-electron chi connectivity index (χ2n) is 6.06. The van der Waals surface area contributed by atoms with Crippen LogP contribution in [-0.2, 0) is 9.59 Å². The van der Waals surface area contributed by atoms with Crippen LogP contribution in [0.25, 0.3) is 10.9 Å². The lowest BCUT2D eigenvalue weighted by Crippen LogP contribution is -2.55. The summed E-state index contributed by atoms with van der Waals surface area (Å²) in [4.78, 5) is 41.3. The summed E-state index contributed by atoms with van der Waals surface area (Å²) in [5.74, 6) is -2.90. The number of rotatable bonds is 1. The Kier molecular flexibility index (Phi) is 3.85. The van der Waals surface area contributed by atoms with Crippen LogP contribution in [0.1, 0.15) is 11.9 Å². The van der Waals surface area contributed by atoms with Crippen LogP contribution in [0.2, 0.25) is 11.0 Å². The number of fused-ring (bicyclic) bond motifs is 1. The number of nitrogen functional groups attached to an aromatic ring is 1. The largest absolute Gasteiger partial charge is 0.398 e. The van der Waals surface area contributed by atoms with Gasteiger partial charge in [0.05, 0.1) is 34.4 Å². The molecule has 1 aliphatic rings. The van der Waals surface area contributed by atoms with Gasteiger partial charge >= 0.3 is 0 Å². The summed E-state index contributed by atoms with van der Waals surface area (Å²) in [5, 5.41) is 0.0725. The highest BCUT2D eigenvalue weighted by Crippen LogP contribution is 2.43. The number of imide groups is 1. The van der Waals surface area contributed by atoms with Crippen molar-refractivity contribution in [1.82, 2.24) is 14.9 Å². The fraction of sp³-hybridized carbons (Fsp3) is 0.286. The quantitative estimate of drug-likeness (QED) is 0.348. The molecule has 1 aromatic carbocycles.